The molecule has 0 unspecified atom stereocenters. The Morgan fingerprint density at radius 1 is 1.32 bits per heavy atom. The van der Waals surface area contributed by atoms with Gasteiger partial charge in [-0.05, 0) is 11.6 Å². The molecule has 0 fully saturated rings. The molecule has 4 N–H and O–H groups in total. The van der Waals surface area contributed by atoms with Crippen LogP contribution in [-0.4, -0.2) is 23.7 Å². The van der Waals surface area contributed by atoms with Crippen LogP contribution in [0.25, 0.3) is 0 Å². The Morgan fingerprint density at radius 2 is 2.00 bits per heavy atom. The number of alkyl halides is 3. The van der Waals surface area contributed by atoms with Gasteiger partial charge in [0.15, 0.2) is 0 Å². The fourth-order valence-electron chi connectivity index (χ4n) is 1.26. The molecule has 0 saturated heterocycles. The number of rotatable bonds is 4. The van der Waals surface area contributed by atoms with Crippen molar-refractivity contribution in [1.29, 1.82) is 0 Å². The Hall–Kier alpha value is -1.83. The average molecular weight is 291 g/mol. The van der Waals surface area contributed by atoms with Crippen molar-refractivity contribution in [3.63, 3.8) is 0 Å². The molecule has 0 aliphatic rings. The summed E-state index contributed by atoms with van der Waals surface area (Å²) in [6.07, 6.45) is -4.43. The number of thiocarbonyl (C=S) groups is 1. The Bertz CT molecular complexity index is 476. The lowest BCUT2D eigenvalue weighted by Crippen LogP contribution is -2.40. The predicted molar refractivity (Wildman–Crippen MR) is 68.6 cm³/mol. The summed E-state index contributed by atoms with van der Waals surface area (Å²) in [4.78, 5) is 11.3. The maximum atomic E-state index is 11.9. The molecule has 1 rings (SSSR count). The topological polar surface area (TPSA) is 67.1 Å². The number of hydrogen-bond donors (Lipinski definition) is 3. The first-order valence-electron chi connectivity index (χ1n) is 5.25. The predicted octanol–water partition coefficient (Wildman–Crippen LogP) is 1.68. The number of carbonyl (C=O) groups is 1. The third-order valence-corrected chi connectivity index (χ3v) is 2.35. The van der Waals surface area contributed by atoms with Crippen LogP contribution in [-0.2, 0) is 6.54 Å². The van der Waals surface area contributed by atoms with Gasteiger partial charge >= 0.3 is 12.2 Å². The molecule has 0 aromatic heterocycles. The number of amides is 2. The van der Waals surface area contributed by atoms with Crippen molar-refractivity contribution in [3.05, 3.63) is 35.4 Å². The first-order valence-corrected chi connectivity index (χ1v) is 5.66. The molecule has 1 aromatic rings. The Morgan fingerprint density at radius 3 is 2.58 bits per heavy atom. The quantitative estimate of drug-likeness (QED) is 0.739. The van der Waals surface area contributed by atoms with Crippen LogP contribution in [0.15, 0.2) is 24.3 Å². The van der Waals surface area contributed by atoms with E-state index in [0.717, 1.165) is 0 Å². The number of hydrogen-bond acceptors (Lipinski definition) is 2. The van der Waals surface area contributed by atoms with Crippen LogP contribution in [0, 0.1) is 0 Å². The molecule has 0 atom stereocenters. The lowest BCUT2D eigenvalue weighted by molar-refractivity contribution is -0.122. The molecule has 0 aliphatic carbocycles. The molecule has 0 heterocycles. The highest BCUT2D eigenvalue weighted by atomic mass is 32.1. The summed E-state index contributed by atoms with van der Waals surface area (Å²) in [6, 6.07) is 5.87. The van der Waals surface area contributed by atoms with Crippen LogP contribution < -0.4 is 16.4 Å². The van der Waals surface area contributed by atoms with Gasteiger partial charge in [-0.1, -0.05) is 30.4 Å². The fourth-order valence-corrected chi connectivity index (χ4v) is 1.39. The normalized spacial score (nSPS) is 10.9. The third-order valence-electron chi connectivity index (χ3n) is 2.11. The fraction of sp³-hybridized carbons (Fsp3) is 0.273. The van der Waals surface area contributed by atoms with Gasteiger partial charge in [-0.25, -0.2) is 4.79 Å². The first kappa shape index (κ1) is 15.2. The van der Waals surface area contributed by atoms with Crippen LogP contribution >= 0.6 is 12.2 Å². The van der Waals surface area contributed by atoms with Gasteiger partial charge in [0.1, 0.15) is 11.5 Å². The summed E-state index contributed by atoms with van der Waals surface area (Å²) >= 11 is 4.79. The standard InChI is InChI=1S/C11H12F3N3OS/c12-11(13,14)6-17-10(18)16-5-7-2-1-3-8(4-7)9(15)19/h1-4H,5-6H2,(H2,15,19)(H2,16,17,18). The molecule has 0 saturated carbocycles. The number of halogens is 3. The molecule has 0 bridgehead atoms. The van der Waals surface area contributed by atoms with Crippen LogP contribution in [0.5, 0.6) is 0 Å². The van der Waals surface area contributed by atoms with E-state index >= 15 is 0 Å². The van der Waals surface area contributed by atoms with E-state index in [1.165, 1.54) is 0 Å². The SMILES string of the molecule is NC(=S)c1cccc(CNC(=O)NCC(F)(F)F)c1. The molecular weight excluding hydrogens is 279 g/mol. The van der Waals surface area contributed by atoms with Crippen molar-refractivity contribution < 1.29 is 18.0 Å². The number of benzene rings is 1. The zero-order valence-corrected chi connectivity index (χ0v) is 10.6. The van der Waals surface area contributed by atoms with E-state index in [2.05, 4.69) is 5.32 Å². The summed E-state index contributed by atoms with van der Waals surface area (Å²) < 4.78 is 35.6. The summed E-state index contributed by atoms with van der Waals surface area (Å²) in [5, 5.41) is 4.01. The maximum Gasteiger partial charge on any atom is 0.405 e. The van der Waals surface area contributed by atoms with Crippen LogP contribution in [0.3, 0.4) is 0 Å². The van der Waals surface area contributed by atoms with Gasteiger partial charge in [0.25, 0.3) is 0 Å². The van der Waals surface area contributed by atoms with E-state index in [-0.39, 0.29) is 11.5 Å². The van der Waals surface area contributed by atoms with Crippen molar-refractivity contribution in [1.82, 2.24) is 10.6 Å². The zero-order valence-electron chi connectivity index (χ0n) is 9.75. The molecular formula is C11H12F3N3OS. The van der Waals surface area contributed by atoms with Gasteiger partial charge in [0.2, 0.25) is 0 Å². The van der Waals surface area contributed by atoms with Gasteiger partial charge in [-0.2, -0.15) is 13.2 Å². The maximum absolute atomic E-state index is 11.9. The minimum Gasteiger partial charge on any atom is -0.389 e. The van der Waals surface area contributed by atoms with Crippen molar-refractivity contribution in [2.75, 3.05) is 6.54 Å². The van der Waals surface area contributed by atoms with E-state index in [0.29, 0.717) is 11.1 Å². The number of nitrogens with one attached hydrogen (secondary N) is 2. The Kier molecular flexibility index (Phi) is 5.11. The van der Waals surface area contributed by atoms with E-state index in [9.17, 15) is 18.0 Å². The molecule has 8 heteroatoms. The van der Waals surface area contributed by atoms with Gasteiger partial charge in [0.05, 0.1) is 0 Å². The van der Waals surface area contributed by atoms with Crippen molar-refractivity contribution in [2.24, 2.45) is 5.73 Å². The monoisotopic (exact) mass is 291 g/mol. The zero-order chi connectivity index (χ0) is 14.5. The molecule has 0 radical (unpaired) electrons. The van der Waals surface area contributed by atoms with E-state index < -0.39 is 18.8 Å². The van der Waals surface area contributed by atoms with E-state index in [4.69, 9.17) is 18.0 Å². The highest BCUT2D eigenvalue weighted by Crippen LogP contribution is 2.12. The van der Waals surface area contributed by atoms with Gasteiger partial charge in [-0.15, -0.1) is 0 Å². The molecule has 0 spiro atoms. The minimum absolute atomic E-state index is 0.0835. The number of carbonyl (C=O) groups excluding carboxylic acids is 1. The van der Waals surface area contributed by atoms with Gasteiger partial charge in [-0.3, -0.25) is 0 Å². The van der Waals surface area contributed by atoms with E-state index in [1.54, 1.807) is 29.6 Å². The molecule has 1 aromatic carbocycles. The summed E-state index contributed by atoms with van der Waals surface area (Å²) in [7, 11) is 0. The lowest BCUT2D eigenvalue weighted by atomic mass is 10.1. The van der Waals surface area contributed by atoms with Crippen LogP contribution in [0.1, 0.15) is 11.1 Å². The van der Waals surface area contributed by atoms with Crippen molar-refractivity contribution in [3.8, 4) is 0 Å². The average Bonchev–Trinajstić information content (AvgIpc) is 2.33. The van der Waals surface area contributed by atoms with Gasteiger partial charge in [0, 0.05) is 12.1 Å². The third kappa shape index (κ3) is 6.05. The largest absolute Gasteiger partial charge is 0.405 e. The first-order chi connectivity index (χ1) is 8.78. The highest BCUT2D eigenvalue weighted by molar-refractivity contribution is 7.80. The molecule has 19 heavy (non-hydrogen) atoms. The molecule has 2 amide bonds. The second-order valence-electron chi connectivity index (χ2n) is 3.72. The van der Waals surface area contributed by atoms with Crippen molar-refractivity contribution in [2.45, 2.75) is 12.7 Å². The van der Waals surface area contributed by atoms with E-state index in [1.807, 2.05) is 0 Å². The molecule has 4 nitrogen and oxygen atoms in total. The van der Waals surface area contributed by atoms with Gasteiger partial charge < -0.3 is 16.4 Å². The smallest absolute Gasteiger partial charge is 0.389 e. The van der Waals surface area contributed by atoms with Crippen LogP contribution in [0.2, 0.25) is 0 Å². The summed E-state index contributed by atoms with van der Waals surface area (Å²) in [6.45, 7) is -1.29. The van der Waals surface area contributed by atoms with Crippen LogP contribution in [0.4, 0.5) is 18.0 Å². The minimum atomic E-state index is -4.43. The summed E-state index contributed by atoms with van der Waals surface area (Å²) in [5.41, 5.74) is 6.76. The number of nitrogens with two attached hydrogens (primary N) is 1. The second-order valence-corrected chi connectivity index (χ2v) is 4.16. The summed E-state index contributed by atoms with van der Waals surface area (Å²) in [5.74, 6) is 0. The highest BCUT2D eigenvalue weighted by Gasteiger charge is 2.27. The molecule has 0 aliphatic heterocycles. The van der Waals surface area contributed by atoms with Crippen molar-refractivity contribution >= 4 is 23.2 Å². The number of urea groups is 1. The second kappa shape index (κ2) is 6.37. The lowest BCUT2D eigenvalue weighted by Gasteiger charge is -2.10. The Labute approximate surface area is 113 Å². The molecule has 104 valence electrons. The Balaban J connectivity index is 2.46.